The molecule has 2 aliphatic heterocycles. The van der Waals surface area contributed by atoms with E-state index in [1.165, 1.54) is 0 Å². The first kappa shape index (κ1) is 13.9. The van der Waals surface area contributed by atoms with Gasteiger partial charge in [-0.05, 0) is 57.5 Å². The van der Waals surface area contributed by atoms with Crippen LogP contribution < -0.4 is 11.1 Å². The summed E-state index contributed by atoms with van der Waals surface area (Å²) in [6.45, 7) is 4.68. The first-order valence-electron chi connectivity index (χ1n) is 7.84. The van der Waals surface area contributed by atoms with Crippen LogP contribution in [0.15, 0.2) is 0 Å². The number of carbonyl (C=O) groups excluding carboxylic acids is 2. The van der Waals surface area contributed by atoms with Crippen LogP contribution in [0.2, 0.25) is 0 Å². The molecule has 20 heavy (non-hydrogen) atoms. The Balaban J connectivity index is 1.66. The van der Waals surface area contributed by atoms with E-state index in [1.807, 2.05) is 4.90 Å². The number of amides is 2. The van der Waals surface area contributed by atoms with Crippen LogP contribution in [0.3, 0.4) is 0 Å². The Bertz CT molecular complexity index is 417. The summed E-state index contributed by atoms with van der Waals surface area (Å²) in [5.74, 6) is 0.0453. The summed E-state index contributed by atoms with van der Waals surface area (Å²) in [7, 11) is 0. The van der Waals surface area contributed by atoms with Crippen LogP contribution in [0.4, 0.5) is 0 Å². The lowest BCUT2D eigenvalue weighted by Crippen LogP contribution is -2.49. The van der Waals surface area contributed by atoms with Gasteiger partial charge in [0, 0.05) is 18.5 Å². The van der Waals surface area contributed by atoms with Gasteiger partial charge in [0.05, 0.1) is 5.92 Å². The standard InChI is InChI=1S/C15H25N3O2/c1-10-2-3-11(13(16)19)9-18(10)14(20)12-8-15(12)4-6-17-7-5-15/h10-12,17H,2-9H2,1H3,(H2,16,19). The predicted molar refractivity (Wildman–Crippen MR) is 75.7 cm³/mol. The zero-order chi connectivity index (χ0) is 14.3. The first-order valence-corrected chi connectivity index (χ1v) is 7.84. The lowest BCUT2D eigenvalue weighted by molar-refractivity contribution is -0.139. The number of nitrogens with one attached hydrogen (secondary N) is 1. The number of nitrogens with zero attached hydrogens (tertiary/aromatic N) is 1. The fourth-order valence-corrected chi connectivity index (χ4v) is 4.02. The molecule has 3 atom stereocenters. The minimum atomic E-state index is -0.262. The monoisotopic (exact) mass is 279 g/mol. The van der Waals surface area contributed by atoms with Crippen LogP contribution in [0.1, 0.15) is 39.0 Å². The van der Waals surface area contributed by atoms with Crippen LogP contribution >= 0.6 is 0 Å². The molecule has 2 amide bonds. The highest BCUT2D eigenvalue weighted by molar-refractivity contribution is 5.84. The molecule has 0 radical (unpaired) electrons. The summed E-state index contributed by atoms with van der Waals surface area (Å²) in [4.78, 5) is 26.1. The van der Waals surface area contributed by atoms with Crippen molar-refractivity contribution >= 4 is 11.8 Å². The van der Waals surface area contributed by atoms with Gasteiger partial charge < -0.3 is 16.0 Å². The number of carbonyl (C=O) groups is 2. The molecule has 2 saturated heterocycles. The molecule has 1 spiro atoms. The molecule has 3 rings (SSSR count). The van der Waals surface area contributed by atoms with Gasteiger partial charge in [-0.1, -0.05) is 0 Å². The van der Waals surface area contributed by atoms with E-state index in [2.05, 4.69) is 12.2 Å². The largest absolute Gasteiger partial charge is 0.369 e. The molecule has 0 aromatic carbocycles. The third-order valence-corrected chi connectivity index (χ3v) is 5.65. The highest BCUT2D eigenvalue weighted by Gasteiger charge is 2.59. The molecule has 2 heterocycles. The summed E-state index contributed by atoms with van der Waals surface area (Å²) < 4.78 is 0. The Morgan fingerprint density at radius 2 is 1.95 bits per heavy atom. The maximum absolute atomic E-state index is 12.8. The number of hydrogen-bond acceptors (Lipinski definition) is 3. The number of primary amides is 1. The maximum atomic E-state index is 12.8. The van der Waals surface area contributed by atoms with Gasteiger partial charge in [0.2, 0.25) is 11.8 Å². The van der Waals surface area contributed by atoms with Crippen molar-refractivity contribution in [1.29, 1.82) is 0 Å². The summed E-state index contributed by atoms with van der Waals surface area (Å²) in [5.41, 5.74) is 5.68. The van der Waals surface area contributed by atoms with Gasteiger partial charge in [-0.3, -0.25) is 9.59 Å². The number of piperidine rings is 2. The van der Waals surface area contributed by atoms with Gasteiger partial charge in [0.25, 0.3) is 0 Å². The SMILES string of the molecule is CC1CCC(C(N)=O)CN1C(=O)C1CC12CCNCC2. The fourth-order valence-electron chi connectivity index (χ4n) is 4.02. The average Bonchev–Trinajstić information content (AvgIpc) is 3.12. The zero-order valence-electron chi connectivity index (χ0n) is 12.2. The van der Waals surface area contributed by atoms with Gasteiger partial charge in [0.1, 0.15) is 0 Å². The van der Waals surface area contributed by atoms with E-state index in [4.69, 9.17) is 5.73 Å². The topological polar surface area (TPSA) is 75.4 Å². The molecule has 5 heteroatoms. The minimum absolute atomic E-state index is 0.155. The van der Waals surface area contributed by atoms with Crippen molar-refractivity contribution < 1.29 is 9.59 Å². The van der Waals surface area contributed by atoms with Crippen molar-refractivity contribution in [3.05, 3.63) is 0 Å². The Labute approximate surface area is 120 Å². The number of hydrogen-bond donors (Lipinski definition) is 2. The molecule has 112 valence electrons. The quantitative estimate of drug-likeness (QED) is 0.772. The Kier molecular flexibility index (Phi) is 3.48. The summed E-state index contributed by atoms with van der Waals surface area (Å²) in [6.07, 6.45) is 4.98. The number of nitrogens with two attached hydrogens (primary N) is 1. The van der Waals surface area contributed by atoms with Gasteiger partial charge in [0.15, 0.2) is 0 Å². The second-order valence-corrected chi connectivity index (χ2v) is 6.89. The zero-order valence-corrected chi connectivity index (χ0v) is 12.2. The molecule has 0 bridgehead atoms. The van der Waals surface area contributed by atoms with Gasteiger partial charge in [-0.25, -0.2) is 0 Å². The van der Waals surface area contributed by atoms with Crippen molar-refractivity contribution in [3.8, 4) is 0 Å². The Morgan fingerprint density at radius 3 is 2.60 bits per heavy atom. The van der Waals surface area contributed by atoms with Crippen LogP contribution in [-0.4, -0.2) is 42.4 Å². The first-order chi connectivity index (χ1) is 9.53. The minimum Gasteiger partial charge on any atom is -0.369 e. The van der Waals surface area contributed by atoms with Gasteiger partial charge in [-0.15, -0.1) is 0 Å². The molecular weight excluding hydrogens is 254 g/mol. The van der Waals surface area contributed by atoms with Crippen molar-refractivity contribution in [2.24, 2.45) is 23.0 Å². The highest BCUT2D eigenvalue weighted by Crippen LogP contribution is 2.59. The Morgan fingerprint density at radius 1 is 1.25 bits per heavy atom. The fraction of sp³-hybridized carbons (Fsp3) is 0.867. The molecular formula is C15H25N3O2. The van der Waals surface area contributed by atoms with Crippen molar-refractivity contribution in [3.63, 3.8) is 0 Å². The molecule has 1 aliphatic carbocycles. The lowest BCUT2D eigenvalue weighted by atomic mass is 9.89. The van der Waals surface area contributed by atoms with Gasteiger partial charge >= 0.3 is 0 Å². The third-order valence-electron chi connectivity index (χ3n) is 5.65. The maximum Gasteiger partial charge on any atom is 0.226 e. The van der Waals surface area contributed by atoms with E-state index >= 15 is 0 Å². The van der Waals surface area contributed by atoms with Crippen LogP contribution in [-0.2, 0) is 9.59 Å². The summed E-state index contributed by atoms with van der Waals surface area (Å²) in [5, 5.41) is 3.36. The van der Waals surface area contributed by atoms with Crippen molar-refractivity contribution in [1.82, 2.24) is 10.2 Å². The summed E-state index contributed by atoms with van der Waals surface area (Å²) in [6, 6.07) is 0.248. The van der Waals surface area contributed by atoms with Crippen LogP contribution in [0.25, 0.3) is 0 Å². The van der Waals surface area contributed by atoms with Crippen molar-refractivity contribution in [2.45, 2.75) is 45.1 Å². The molecule has 3 N–H and O–H groups in total. The number of rotatable bonds is 2. The van der Waals surface area contributed by atoms with E-state index in [9.17, 15) is 9.59 Å². The summed E-state index contributed by atoms with van der Waals surface area (Å²) >= 11 is 0. The molecule has 3 fully saturated rings. The van der Waals surface area contributed by atoms with Crippen molar-refractivity contribution in [2.75, 3.05) is 19.6 Å². The lowest BCUT2D eigenvalue weighted by Gasteiger charge is -2.38. The normalized spacial score (nSPS) is 35.9. The second kappa shape index (κ2) is 5.02. The molecule has 0 aromatic rings. The van der Waals surface area contributed by atoms with E-state index in [0.29, 0.717) is 6.54 Å². The van der Waals surface area contributed by atoms with E-state index in [0.717, 1.165) is 45.2 Å². The van der Waals surface area contributed by atoms with E-state index < -0.39 is 0 Å². The van der Waals surface area contributed by atoms with E-state index in [-0.39, 0.29) is 35.1 Å². The molecule has 5 nitrogen and oxygen atoms in total. The molecule has 3 unspecified atom stereocenters. The molecule has 0 aromatic heterocycles. The highest BCUT2D eigenvalue weighted by atomic mass is 16.2. The van der Waals surface area contributed by atoms with Crippen LogP contribution in [0.5, 0.6) is 0 Å². The van der Waals surface area contributed by atoms with E-state index in [1.54, 1.807) is 0 Å². The molecule has 3 aliphatic rings. The Hall–Kier alpha value is -1.10. The second-order valence-electron chi connectivity index (χ2n) is 6.89. The van der Waals surface area contributed by atoms with Crippen LogP contribution in [0, 0.1) is 17.3 Å². The molecule has 1 saturated carbocycles. The third kappa shape index (κ3) is 2.32. The smallest absolute Gasteiger partial charge is 0.226 e. The average molecular weight is 279 g/mol. The number of likely N-dealkylation sites (tertiary alicyclic amines) is 1. The van der Waals surface area contributed by atoms with Gasteiger partial charge in [-0.2, -0.15) is 0 Å². The predicted octanol–water partition coefficient (Wildman–Crippen LogP) is 0.489.